The molecule has 2 aromatic carbocycles. The van der Waals surface area contributed by atoms with E-state index >= 15 is 0 Å². The van der Waals surface area contributed by atoms with Gasteiger partial charge in [-0.3, -0.25) is 0 Å². The van der Waals surface area contributed by atoms with E-state index in [-0.39, 0.29) is 5.82 Å². The number of rotatable bonds is 2. The molecule has 104 valence electrons. The Morgan fingerprint density at radius 2 is 1.90 bits per heavy atom. The number of carbonyl (C=O) groups is 1. The molecule has 0 radical (unpaired) electrons. The summed E-state index contributed by atoms with van der Waals surface area (Å²) in [5.41, 5.74) is 8.73. The number of carbonyl (C=O) groups excluding carboxylic acids is 1. The van der Waals surface area contributed by atoms with E-state index < -0.39 is 6.03 Å². The molecule has 0 aliphatic carbocycles. The monoisotopic (exact) mass is 273 g/mol. The van der Waals surface area contributed by atoms with E-state index in [1.807, 2.05) is 13.0 Å². The standard InChI is InChI=1S/C15H16FN3O/c1-9-6-7-11(8-13(9)17)18-15(20)19-14-5-3-4-12(16)10(14)2/h3-8H,17H2,1-2H3,(H2,18,19,20). The van der Waals surface area contributed by atoms with Crippen LogP contribution < -0.4 is 16.4 Å². The molecule has 0 aliphatic rings. The first-order valence-electron chi connectivity index (χ1n) is 6.16. The van der Waals surface area contributed by atoms with Crippen molar-refractivity contribution in [1.29, 1.82) is 0 Å². The molecular weight excluding hydrogens is 257 g/mol. The lowest BCUT2D eigenvalue weighted by Crippen LogP contribution is -2.20. The van der Waals surface area contributed by atoms with Gasteiger partial charge >= 0.3 is 6.03 Å². The van der Waals surface area contributed by atoms with Crippen LogP contribution in [0.25, 0.3) is 0 Å². The van der Waals surface area contributed by atoms with Gasteiger partial charge in [-0.2, -0.15) is 0 Å². The van der Waals surface area contributed by atoms with Crippen molar-refractivity contribution in [3.63, 3.8) is 0 Å². The second-order valence-corrected chi connectivity index (χ2v) is 4.56. The van der Waals surface area contributed by atoms with Gasteiger partial charge in [0.05, 0.1) is 0 Å². The minimum atomic E-state index is -0.443. The van der Waals surface area contributed by atoms with Gasteiger partial charge in [0.2, 0.25) is 0 Å². The third kappa shape index (κ3) is 3.06. The lowest BCUT2D eigenvalue weighted by molar-refractivity contribution is 0.262. The SMILES string of the molecule is Cc1ccc(NC(=O)Nc2cccc(F)c2C)cc1N. The van der Waals surface area contributed by atoms with E-state index in [1.165, 1.54) is 6.07 Å². The number of nitrogen functional groups attached to an aromatic ring is 1. The molecule has 0 bridgehead atoms. The Kier molecular flexibility index (Phi) is 3.89. The van der Waals surface area contributed by atoms with Crippen molar-refractivity contribution in [2.75, 3.05) is 16.4 Å². The summed E-state index contributed by atoms with van der Waals surface area (Å²) in [5.74, 6) is -0.359. The summed E-state index contributed by atoms with van der Waals surface area (Å²) in [5, 5.41) is 5.26. The zero-order valence-electron chi connectivity index (χ0n) is 11.3. The van der Waals surface area contributed by atoms with E-state index in [0.29, 0.717) is 22.6 Å². The number of halogens is 1. The molecule has 4 N–H and O–H groups in total. The molecule has 0 heterocycles. The van der Waals surface area contributed by atoms with Gasteiger partial charge in [-0.25, -0.2) is 9.18 Å². The molecular formula is C15H16FN3O. The predicted octanol–water partition coefficient (Wildman–Crippen LogP) is 3.67. The molecule has 2 amide bonds. The number of nitrogens with one attached hydrogen (secondary N) is 2. The molecule has 0 aliphatic heterocycles. The first-order valence-corrected chi connectivity index (χ1v) is 6.16. The van der Waals surface area contributed by atoms with Crippen molar-refractivity contribution < 1.29 is 9.18 Å². The molecule has 0 saturated heterocycles. The van der Waals surface area contributed by atoms with Crippen molar-refractivity contribution in [3.8, 4) is 0 Å². The zero-order chi connectivity index (χ0) is 14.7. The summed E-state index contributed by atoms with van der Waals surface area (Å²) in [4.78, 5) is 11.9. The molecule has 2 rings (SSSR count). The van der Waals surface area contributed by atoms with Crippen molar-refractivity contribution in [1.82, 2.24) is 0 Å². The average Bonchev–Trinajstić information content (AvgIpc) is 2.39. The van der Waals surface area contributed by atoms with E-state index in [0.717, 1.165) is 5.56 Å². The van der Waals surface area contributed by atoms with Gasteiger partial charge in [-0.1, -0.05) is 12.1 Å². The van der Waals surface area contributed by atoms with E-state index in [9.17, 15) is 9.18 Å². The Labute approximate surface area is 116 Å². The van der Waals surface area contributed by atoms with Crippen molar-refractivity contribution in [2.24, 2.45) is 0 Å². The average molecular weight is 273 g/mol. The molecule has 20 heavy (non-hydrogen) atoms. The smallest absolute Gasteiger partial charge is 0.323 e. The number of urea groups is 1. The molecule has 0 unspecified atom stereocenters. The quantitative estimate of drug-likeness (QED) is 0.731. The van der Waals surface area contributed by atoms with Crippen LogP contribution in [-0.2, 0) is 0 Å². The number of anilines is 3. The maximum Gasteiger partial charge on any atom is 0.323 e. The third-order valence-corrected chi connectivity index (χ3v) is 3.05. The number of amides is 2. The molecule has 2 aromatic rings. The summed E-state index contributed by atoms with van der Waals surface area (Å²) >= 11 is 0. The fraction of sp³-hybridized carbons (Fsp3) is 0.133. The number of aryl methyl sites for hydroxylation is 1. The van der Waals surface area contributed by atoms with Gasteiger partial charge in [0.1, 0.15) is 5.82 Å². The lowest BCUT2D eigenvalue weighted by atomic mass is 10.2. The van der Waals surface area contributed by atoms with Crippen LogP contribution in [0.15, 0.2) is 36.4 Å². The zero-order valence-corrected chi connectivity index (χ0v) is 11.3. The second-order valence-electron chi connectivity index (χ2n) is 4.56. The Balaban J connectivity index is 2.09. The van der Waals surface area contributed by atoms with Crippen molar-refractivity contribution in [3.05, 3.63) is 53.3 Å². The number of benzene rings is 2. The molecule has 0 saturated carbocycles. The van der Waals surface area contributed by atoms with Gasteiger partial charge in [0.25, 0.3) is 0 Å². The molecule has 0 spiro atoms. The van der Waals surface area contributed by atoms with Gasteiger partial charge < -0.3 is 16.4 Å². The van der Waals surface area contributed by atoms with Crippen LogP contribution in [0.3, 0.4) is 0 Å². The highest BCUT2D eigenvalue weighted by molar-refractivity contribution is 6.00. The Morgan fingerprint density at radius 3 is 2.60 bits per heavy atom. The van der Waals surface area contributed by atoms with Crippen LogP contribution >= 0.6 is 0 Å². The lowest BCUT2D eigenvalue weighted by Gasteiger charge is -2.11. The predicted molar refractivity (Wildman–Crippen MR) is 79.4 cm³/mol. The first-order chi connectivity index (χ1) is 9.47. The topological polar surface area (TPSA) is 67.2 Å². The van der Waals surface area contributed by atoms with Gasteiger partial charge in [-0.15, -0.1) is 0 Å². The van der Waals surface area contributed by atoms with Gasteiger partial charge in [-0.05, 0) is 43.7 Å². The van der Waals surface area contributed by atoms with Gasteiger partial charge in [0, 0.05) is 22.6 Å². The summed E-state index contributed by atoms with van der Waals surface area (Å²) in [6, 6.07) is 9.33. The molecule has 0 atom stereocenters. The van der Waals surface area contributed by atoms with Crippen LogP contribution in [-0.4, -0.2) is 6.03 Å². The van der Waals surface area contributed by atoms with Crippen molar-refractivity contribution in [2.45, 2.75) is 13.8 Å². The summed E-state index contributed by atoms with van der Waals surface area (Å²) < 4.78 is 13.4. The van der Waals surface area contributed by atoms with Crippen LogP contribution in [0.4, 0.5) is 26.2 Å². The maximum atomic E-state index is 13.4. The highest BCUT2D eigenvalue weighted by atomic mass is 19.1. The molecule has 0 fully saturated rings. The van der Waals surface area contributed by atoms with Crippen LogP contribution in [0.1, 0.15) is 11.1 Å². The van der Waals surface area contributed by atoms with Crippen LogP contribution in [0, 0.1) is 19.7 Å². The minimum Gasteiger partial charge on any atom is -0.398 e. The number of nitrogens with two attached hydrogens (primary N) is 1. The number of hydrogen-bond donors (Lipinski definition) is 3. The van der Waals surface area contributed by atoms with E-state index in [4.69, 9.17) is 5.73 Å². The second kappa shape index (κ2) is 5.61. The number of hydrogen-bond acceptors (Lipinski definition) is 2. The van der Waals surface area contributed by atoms with Gasteiger partial charge in [0.15, 0.2) is 0 Å². The van der Waals surface area contributed by atoms with E-state index in [2.05, 4.69) is 10.6 Å². The fourth-order valence-corrected chi connectivity index (χ4v) is 1.75. The minimum absolute atomic E-state index is 0.359. The molecule has 4 nitrogen and oxygen atoms in total. The Hall–Kier alpha value is -2.56. The summed E-state index contributed by atoms with van der Waals surface area (Å²) in [6.45, 7) is 3.49. The summed E-state index contributed by atoms with van der Waals surface area (Å²) in [7, 11) is 0. The normalized spacial score (nSPS) is 10.2. The summed E-state index contributed by atoms with van der Waals surface area (Å²) in [6.07, 6.45) is 0. The molecule has 5 heteroatoms. The Morgan fingerprint density at radius 1 is 1.15 bits per heavy atom. The van der Waals surface area contributed by atoms with E-state index in [1.54, 1.807) is 31.2 Å². The van der Waals surface area contributed by atoms with Crippen LogP contribution in [0.5, 0.6) is 0 Å². The molecule has 0 aromatic heterocycles. The third-order valence-electron chi connectivity index (χ3n) is 3.05. The fourth-order valence-electron chi connectivity index (χ4n) is 1.75. The van der Waals surface area contributed by atoms with Crippen LogP contribution in [0.2, 0.25) is 0 Å². The largest absolute Gasteiger partial charge is 0.398 e. The first kappa shape index (κ1) is 13.9. The van der Waals surface area contributed by atoms with Crippen molar-refractivity contribution >= 4 is 23.1 Å². The highest BCUT2D eigenvalue weighted by Crippen LogP contribution is 2.19. The maximum absolute atomic E-state index is 13.4. The highest BCUT2D eigenvalue weighted by Gasteiger charge is 2.08. The Bertz CT molecular complexity index is 656.